The van der Waals surface area contributed by atoms with Gasteiger partial charge in [0.2, 0.25) is 5.91 Å². The van der Waals surface area contributed by atoms with E-state index in [2.05, 4.69) is 26.1 Å². The van der Waals surface area contributed by atoms with Gasteiger partial charge in [0.15, 0.2) is 0 Å². The van der Waals surface area contributed by atoms with Crippen molar-refractivity contribution in [3.63, 3.8) is 0 Å². The third-order valence-electron chi connectivity index (χ3n) is 1.93. The molecule has 0 radical (unpaired) electrons. The Morgan fingerprint density at radius 1 is 1.50 bits per heavy atom. The minimum absolute atomic E-state index is 0.233. The molecule has 0 aliphatic carbocycles. The van der Waals surface area contributed by atoms with Crippen LogP contribution in [-0.2, 0) is 9.53 Å². The van der Waals surface area contributed by atoms with E-state index in [0.29, 0.717) is 6.61 Å². The number of carbonyl (C=O) groups is 1. The van der Waals surface area contributed by atoms with Crippen molar-refractivity contribution in [3.05, 3.63) is 0 Å². The highest BCUT2D eigenvalue weighted by Crippen LogP contribution is 2.23. The van der Waals surface area contributed by atoms with E-state index in [9.17, 15) is 4.79 Å². The summed E-state index contributed by atoms with van der Waals surface area (Å²) in [4.78, 5) is 11.1. The van der Waals surface area contributed by atoms with Crippen molar-refractivity contribution in [1.82, 2.24) is 5.32 Å². The topological polar surface area (TPSA) is 64.3 Å². The summed E-state index contributed by atoms with van der Waals surface area (Å²) in [7, 11) is 1.56. The van der Waals surface area contributed by atoms with Gasteiger partial charge in [-0.05, 0) is 6.92 Å². The lowest BCUT2D eigenvalue weighted by molar-refractivity contribution is -0.121. The summed E-state index contributed by atoms with van der Waals surface area (Å²) in [6.45, 7) is 8.88. The van der Waals surface area contributed by atoms with Gasteiger partial charge in [-0.3, -0.25) is 4.79 Å². The number of thioether (sulfide) groups is 1. The van der Waals surface area contributed by atoms with Crippen molar-refractivity contribution in [2.24, 2.45) is 5.73 Å². The molecule has 0 aromatic heterocycles. The Balaban J connectivity index is 4.00. The van der Waals surface area contributed by atoms with Crippen LogP contribution in [0, 0.1) is 0 Å². The molecule has 0 heterocycles. The van der Waals surface area contributed by atoms with Gasteiger partial charge in [-0.1, -0.05) is 20.8 Å². The summed E-state index contributed by atoms with van der Waals surface area (Å²) in [6.07, 6.45) is 0. The second-order valence-electron chi connectivity index (χ2n) is 4.90. The van der Waals surface area contributed by atoms with Crippen LogP contribution in [0.3, 0.4) is 0 Å². The number of ether oxygens (including phenoxy) is 1. The maximum atomic E-state index is 11.1. The zero-order valence-corrected chi connectivity index (χ0v) is 11.7. The second kappa shape index (κ2) is 7.14. The van der Waals surface area contributed by atoms with Gasteiger partial charge < -0.3 is 15.8 Å². The molecule has 16 heavy (non-hydrogen) atoms. The molecule has 0 saturated heterocycles. The van der Waals surface area contributed by atoms with Gasteiger partial charge in [0.25, 0.3) is 0 Å². The van der Waals surface area contributed by atoms with E-state index in [1.807, 2.05) is 18.7 Å². The maximum Gasteiger partial charge on any atom is 0.236 e. The van der Waals surface area contributed by atoms with E-state index in [1.165, 1.54) is 0 Å². The number of primary amides is 1. The average Bonchev–Trinajstić information content (AvgIpc) is 2.13. The summed E-state index contributed by atoms with van der Waals surface area (Å²) >= 11 is 1.86. The largest absolute Gasteiger partial charge is 0.383 e. The molecule has 2 atom stereocenters. The van der Waals surface area contributed by atoms with E-state index < -0.39 is 6.04 Å². The molecule has 1 amide bonds. The van der Waals surface area contributed by atoms with Gasteiger partial charge in [-0.15, -0.1) is 0 Å². The van der Waals surface area contributed by atoms with Gasteiger partial charge in [-0.2, -0.15) is 11.8 Å². The highest BCUT2D eigenvalue weighted by Gasteiger charge is 2.19. The van der Waals surface area contributed by atoms with E-state index in [0.717, 1.165) is 5.75 Å². The molecule has 0 rings (SSSR count). The smallest absolute Gasteiger partial charge is 0.236 e. The molecule has 0 saturated carbocycles. The van der Waals surface area contributed by atoms with Crippen LogP contribution in [0.5, 0.6) is 0 Å². The normalized spacial score (nSPS) is 15.8. The highest BCUT2D eigenvalue weighted by molar-refractivity contribution is 8.00. The zero-order valence-electron chi connectivity index (χ0n) is 10.9. The molecule has 0 aliphatic heterocycles. The van der Waals surface area contributed by atoms with Crippen molar-refractivity contribution in [2.75, 3.05) is 19.5 Å². The van der Waals surface area contributed by atoms with E-state index >= 15 is 0 Å². The van der Waals surface area contributed by atoms with E-state index in [-0.39, 0.29) is 16.7 Å². The fourth-order valence-corrected chi connectivity index (χ4v) is 1.99. The number of amides is 1. The van der Waals surface area contributed by atoms with Crippen LogP contribution in [0.2, 0.25) is 0 Å². The first-order chi connectivity index (χ1) is 7.26. The molecule has 0 spiro atoms. The molecule has 96 valence electrons. The van der Waals surface area contributed by atoms with Crippen LogP contribution < -0.4 is 11.1 Å². The lowest BCUT2D eigenvalue weighted by atomic mass is 10.2. The predicted molar refractivity (Wildman–Crippen MR) is 69.7 cm³/mol. The summed E-state index contributed by atoms with van der Waals surface area (Å²) in [5.74, 6) is 0.575. The first-order valence-electron chi connectivity index (χ1n) is 5.44. The predicted octanol–water partition coefficient (Wildman–Crippen LogP) is 0.997. The van der Waals surface area contributed by atoms with Crippen molar-refractivity contribution >= 4 is 17.7 Å². The molecular weight excluding hydrogens is 224 g/mol. The average molecular weight is 248 g/mol. The Labute approximate surface area is 103 Å². The molecule has 0 aliphatic rings. The monoisotopic (exact) mass is 248 g/mol. The quantitative estimate of drug-likeness (QED) is 0.705. The van der Waals surface area contributed by atoms with Crippen molar-refractivity contribution in [1.29, 1.82) is 0 Å². The highest BCUT2D eigenvalue weighted by atomic mass is 32.2. The third-order valence-corrected chi connectivity index (χ3v) is 3.46. The Bertz CT molecular complexity index is 217. The van der Waals surface area contributed by atoms with Crippen LogP contribution in [0.1, 0.15) is 27.7 Å². The fourth-order valence-electron chi connectivity index (χ4n) is 1.15. The Morgan fingerprint density at radius 3 is 2.44 bits per heavy atom. The number of rotatable bonds is 7. The SMILES string of the molecule is COCC(NC(C)CSC(C)(C)C)C(N)=O. The number of hydrogen-bond acceptors (Lipinski definition) is 4. The number of carbonyl (C=O) groups excluding carboxylic acids is 1. The van der Waals surface area contributed by atoms with Gasteiger partial charge in [0, 0.05) is 23.7 Å². The van der Waals surface area contributed by atoms with Crippen molar-refractivity contribution in [3.8, 4) is 0 Å². The Hall–Kier alpha value is -0.260. The van der Waals surface area contributed by atoms with Crippen LogP contribution in [0.25, 0.3) is 0 Å². The first-order valence-corrected chi connectivity index (χ1v) is 6.43. The minimum atomic E-state index is -0.402. The molecule has 3 N–H and O–H groups in total. The van der Waals surface area contributed by atoms with Crippen molar-refractivity contribution in [2.45, 2.75) is 44.5 Å². The molecule has 0 bridgehead atoms. The molecular formula is C11H24N2O2S. The van der Waals surface area contributed by atoms with Crippen LogP contribution in [-0.4, -0.2) is 42.2 Å². The molecule has 2 unspecified atom stereocenters. The number of nitrogens with two attached hydrogens (primary N) is 1. The summed E-state index contributed by atoms with van der Waals surface area (Å²) in [5.41, 5.74) is 5.26. The van der Waals surface area contributed by atoms with Crippen LogP contribution in [0.4, 0.5) is 0 Å². The lowest BCUT2D eigenvalue weighted by Crippen LogP contribution is -2.49. The van der Waals surface area contributed by atoms with Crippen molar-refractivity contribution < 1.29 is 9.53 Å². The zero-order chi connectivity index (χ0) is 12.8. The number of methoxy groups -OCH3 is 1. The summed E-state index contributed by atoms with van der Waals surface area (Å²) in [5, 5.41) is 3.17. The van der Waals surface area contributed by atoms with Gasteiger partial charge in [-0.25, -0.2) is 0 Å². The first kappa shape index (κ1) is 15.7. The maximum absolute atomic E-state index is 11.1. The number of hydrogen-bond donors (Lipinski definition) is 2. The molecule has 4 nitrogen and oxygen atoms in total. The van der Waals surface area contributed by atoms with Crippen LogP contribution >= 0.6 is 11.8 Å². The molecule has 0 aromatic carbocycles. The Morgan fingerprint density at radius 2 is 2.06 bits per heavy atom. The fraction of sp³-hybridized carbons (Fsp3) is 0.909. The summed E-state index contributed by atoms with van der Waals surface area (Å²) < 4.78 is 5.18. The standard InChI is InChI=1S/C11H24N2O2S/c1-8(7-16-11(2,3)4)13-9(6-15-5)10(12)14/h8-9,13H,6-7H2,1-5H3,(H2,12,14). The van der Waals surface area contributed by atoms with Gasteiger partial charge in [0.05, 0.1) is 6.61 Å². The third kappa shape index (κ3) is 7.96. The Kier molecular flexibility index (Phi) is 7.03. The lowest BCUT2D eigenvalue weighted by Gasteiger charge is -2.24. The minimum Gasteiger partial charge on any atom is -0.383 e. The van der Waals surface area contributed by atoms with E-state index in [4.69, 9.17) is 10.5 Å². The van der Waals surface area contributed by atoms with Crippen LogP contribution in [0.15, 0.2) is 0 Å². The molecule has 0 aromatic rings. The molecule has 0 fully saturated rings. The van der Waals surface area contributed by atoms with Gasteiger partial charge in [0.1, 0.15) is 6.04 Å². The summed E-state index contributed by atoms with van der Waals surface area (Å²) in [6, 6.07) is -0.169. The second-order valence-corrected chi connectivity index (χ2v) is 6.75. The van der Waals surface area contributed by atoms with Gasteiger partial charge >= 0.3 is 0 Å². The van der Waals surface area contributed by atoms with E-state index in [1.54, 1.807) is 7.11 Å². The molecule has 5 heteroatoms. The number of nitrogens with one attached hydrogen (secondary N) is 1.